The van der Waals surface area contributed by atoms with Crippen molar-refractivity contribution in [2.45, 2.75) is 32.7 Å². The van der Waals surface area contributed by atoms with Gasteiger partial charge in [0.2, 0.25) is 0 Å². The lowest BCUT2D eigenvalue weighted by atomic mass is 9.96. The van der Waals surface area contributed by atoms with Gasteiger partial charge in [-0.1, -0.05) is 13.0 Å². The van der Waals surface area contributed by atoms with Gasteiger partial charge in [0.1, 0.15) is 0 Å². The third-order valence-electron chi connectivity index (χ3n) is 4.02. The van der Waals surface area contributed by atoms with Crippen LogP contribution >= 0.6 is 0 Å². The third-order valence-corrected chi connectivity index (χ3v) is 4.02. The first-order chi connectivity index (χ1) is 9.65. The first-order valence-electron chi connectivity index (χ1n) is 7.55. The summed E-state index contributed by atoms with van der Waals surface area (Å²) < 4.78 is 5.47. The van der Waals surface area contributed by atoms with Gasteiger partial charge in [0.25, 0.3) is 0 Å². The third kappa shape index (κ3) is 3.44. The molecule has 2 rings (SSSR count). The van der Waals surface area contributed by atoms with Crippen LogP contribution in [0.1, 0.15) is 38.3 Å². The van der Waals surface area contributed by atoms with E-state index in [0.717, 1.165) is 24.6 Å². The van der Waals surface area contributed by atoms with E-state index >= 15 is 0 Å². The molecule has 0 saturated carbocycles. The second-order valence-electron chi connectivity index (χ2n) is 5.65. The van der Waals surface area contributed by atoms with E-state index in [0.29, 0.717) is 18.9 Å². The average Bonchev–Trinajstić information content (AvgIpc) is 2.43. The lowest BCUT2D eigenvalue weighted by Crippen LogP contribution is -2.40. The average molecular weight is 278 g/mol. The maximum absolute atomic E-state index is 9.80. The molecule has 2 unspecified atom stereocenters. The van der Waals surface area contributed by atoms with Gasteiger partial charge in [-0.25, -0.2) is 0 Å². The number of hydrogen-bond acceptors (Lipinski definition) is 4. The quantitative estimate of drug-likeness (QED) is 0.869. The van der Waals surface area contributed by atoms with Crippen molar-refractivity contribution in [2.75, 3.05) is 26.2 Å². The maximum Gasteiger partial charge on any atom is 0.161 e. The summed E-state index contributed by atoms with van der Waals surface area (Å²) in [5, 5.41) is 9.80. The lowest BCUT2D eigenvalue weighted by Gasteiger charge is -2.37. The van der Waals surface area contributed by atoms with Crippen LogP contribution in [0.4, 0.5) is 0 Å². The monoisotopic (exact) mass is 278 g/mol. The summed E-state index contributed by atoms with van der Waals surface area (Å²) >= 11 is 0. The van der Waals surface area contributed by atoms with Crippen LogP contribution in [0, 0.1) is 5.92 Å². The van der Waals surface area contributed by atoms with Gasteiger partial charge in [-0.15, -0.1) is 0 Å². The van der Waals surface area contributed by atoms with E-state index in [2.05, 4.69) is 11.8 Å². The first kappa shape index (κ1) is 15.1. The summed E-state index contributed by atoms with van der Waals surface area (Å²) in [5.74, 6) is 1.47. The molecule has 112 valence electrons. The second kappa shape index (κ2) is 6.95. The van der Waals surface area contributed by atoms with Crippen LogP contribution in [-0.2, 0) is 0 Å². The van der Waals surface area contributed by atoms with E-state index in [9.17, 15) is 5.11 Å². The SMILES string of the molecule is CCOc1cc(C(CN)N2CCCC(C)C2)ccc1O. The highest BCUT2D eigenvalue weighted by molar-refractivity contribution is 5.43. The molecule has 1 aromatic carbocycles. The Morgan fingerprint density at radius 2 is 2.30 bits per heavy atom. The number of phenols is 1. The Balaban J connectivity index is 2.20. The number of rotatable bonds is 5. The van der Waals surface area contributed by atoms with Crippen molar-refractivity contribution in [3.8, 4) is 11.5 Å². The zero-order valence-electron chi connectivity index (χ0n) is 12.5. The molecule has 0 bridgehead atoms. The number of benzene rings is 1. The molecule has 1 saturated heterocycles. The first-order valence-corrected chi connectivity index (χ1v) is 7.55. The zero-order chi connectivity index (χ0) is 14.5. The van der Waals surface area contributed by atoms with Crippen molar-refractivity contribution < 1.29 is 9.84 Å². The number of nitrogens with two attached hydrogens (primary N) is 1. The number of likely N-dealkylation sites (tertiary alicyclic amines) is 1. The minimum atomic E-state index is 0.193. The van der Waals surface area contributed by atoms with Crippen molar-refractivity contribution >= 4 is 0 Å². The van der Waals surface area contributed by atoms with Crippen LogP contribution in [0.25, 0.3) is 0 Å². The molecule has 1 heterocycles. The Hall–Kier alpha value is -1.26. The van der Waals surface area contributed by atoms with E-state index in [1.165, 1.54) is 12.8 Å². The maximum atomic E-state index is 9.80. The highest BCUT2D eigenvalue weighted by Crippen LogP contribution is 2.32. The molecule has 4 heteroatoms. The molecule has 4 nitrogen and oxygen atoms in total. The van der Waals surface area contributed by atoms with Gasteiger partial charge in [-0.3, -0.25) is 4.90 Å². The molecular weight excluding hydrogens is 252 g/mol. The topological polar surface area (TPSA) is 58.7 Å². The Bertz CT molecular complexity index is 436. The normalized spacial score (nSPS) is 21.6. The summed E-state index contributed by atoms with van der Waals surface area (Å²) in [4.78, 5) is 2.45. The Labute approximate surface area is 121 Å². The molecule has 1 fully saturated rings. The Kier molecular flexibility index (Phi) is 5.26. The van der Waals surface area contributed by atoms with Gasteiger partial charge in [0.05, 0.1) is 6.61 Å². The fourth-order valence-corrected chi connectivity index (χ4v) is 3.01. The molecule has 0 spiro atoms. The van der Waals surface area contributed by atoms with E-state index in [-0.39, 0.29) is 11.8 Å². The van der Waals surface area contributed by atoms with Crippen molar-refractivity contribution in [3.05, 3.63) is 23.8 Å². The fraction of sp³-hybridized carbons (Fsp3) is 0.625. The largest absolute Gasteiger partial charge is 0.504 e. The Morgan fingerprint density at radius 3 is 2.95 bits per heavy atom. The molecule has 0 radical (unpaired) electrons. The van der Waals surface area contributed by atoms with E-state index in [4.69, 9.17) is 10.5 Å². The molecule has 0 aliphatic carbocycles. The van der Waals surface area contributed by atoms with Crippen molar-refractivity contribution in [1.82, 2.24) is 4.90 Å². The number of ether oxygens (including phenoxy) is 1. The summed E-state index contributed by atoms with van der Waals surface area (Å²) in [6, 6.07) is 5.79. The predicted octanol–water partition coefficient (Wildman–Crippen LogP) is 2.52. The molecular formula is C16H26N2O2. The van der Waals surface area contributed by atoms with Crippen LogP contribution in [0.5, 0.6) is 11.5 Å². The van der Waals surface area contributed by atoms with Gasteiger partial charge in [-0.05, 0) is 49.9 Å². The lowest BCUT2D eigenvalue weighted by molar-refractivity contribution is 0.133. The summed E-state index contributed by atoms with van der Waals surface area (Å²) in [6.45, 7) is 7.53. The van der Waals surface area contributed by atoms with E-state index in [1.807, 2.05) is 19.1 Å². The van der Waals surface area contributed by atoms with Crippen LogP contribution in [0.3, 0.4) is 0 Å². The van der Waals surface area contributed by atoms with Gasteiger partial charge in [0.15, 0.2) is 11.5 Å². The molecule has 0 aromatic heterocycles. The van der Waals surface area contributed by atoms with Gasteiger partial charge in [-0.2, -0.15) is 0 Å². The van der Waals surface area contributed by atoms with E-state index < -0.39 is 0 Å². The minimum Gasteiger partial charge on any atom is -0.504 e. The smallest absolute Gasteiger partial charge is 0.161 e. The van der Waals surface area contributed by atoms with Crippen LogP contribution in [-0.4, -0.2) is 36.2 Å². The van der Waals surface area contributed by atoms with Crippen LogP contribution in [0.15, 0.2) is 18.2 Å². The van der Waals surface area contributed by atoms with Gasteiger partial charge in [0, 0.05) is 19.1 Å². The van der Waals surface area contributed by atoms with E-state index in [1.54, 1.807) is 6.07 Å². The highest BCUT2D eigenvalue weighted by Gasteiger charge is 2.24. The molecule has 1 aliphatic rings. The molecule has 2 atom stereocenters. The van der Waals surface area contributed by atoms with Crippen molar-refractivity contribution in [1.29, 1.82) is 0 Å². The Morgan fingerprint density at radius 1 is 1.50 bits per heavy atom. The molecule has 20 heavy (non-hydrogen) atoms. The summed E-state index contributed by atoms with van der Waals surface area (Å²) in [7, 11) is 0. The zero-order valence-corrected chi connectivity index (χ0v) is 12.5. The highest BCUT2D eigenvalue weighted by atomic mass is 16.5. The number of nitrogens with zero attached hydrogens (tertiary/aromatic N) is 1. The standard InChI is InChI=1S/C16H26N2O2/c1-3-20-16-9-13(6-7-15(16)19)14(10-17)18-8-4-5-12(2)11-18/h6-7,9,12,14,19H,3-5,8,10-11,17H2,1-2H3. The van der Waals surface area contributed by atoms with Crippen molar-refractivity contribution in [2.24, 2.45) is 11.7 Å². The summed E-state index contributed by atoms with van der Waals surface area (Å²) in [5.41, 5.74) is 7.13. The molecule has 3 N–H and O–H groups in total. The molecule has 1 aromatic rings. The van der Waals surface area contributed by atoms with Crippen LogP contribution in [0.2, 0.25) is 0 Å². The number of hydrogen-bond donors (Lipinski definition) is 2. The second-order valence-corrected chi connectivity index (χ2v) is 5.65. The van der Waals surface area contributed by atoms with Crippen molar-refractivity contribution in [3.63, 3.8) is 0 Å². The minimum absolute atomic E-state index is 0.193. The van der Waals surface area contributed by atoms with Gasteiger partial charge < -0.3 is 15.6 Å². The number of piperidine rings is 1. The molecule has 0 amide bonds. The van der Waals surface area contributed by atoms with Gasteiger partial charge >= 0.3 is 0 Å². The van der Waals surface area contributed by atoms with Crippen LogP contribution < -0.4 is 10.5 Å². The summed E-state index contributed by atoms with van der Waals surface area (Å²) in [6.07, 6.45) is 2.53. The molecule has 1 aliphatic heterocycles. The predicted molar refractivity (Wildman–Crippen MR) is 81.0 cm³/mol. The fourth-order valence-electron chi connectivity index (χ4n) is 3.01. The number of phenolic OH excluding ortho intramolecular Hbond substituents is 1. The number of aromatic hydroxyl groups is 1.